The Hall–Kier alpha value is -1.21. The molecule has 0 saturated heterocycles. The second-order valence-electron chi connectivity index (χ2n) is 4.28. The van der Waals surface area contributed by atoms with Crippen LogP contribution in [0.5, 0.6) is 0 Å². The standard InChI is InChI=1S/C13H12F3NOS2/c1-9-17-12(6-19-9)8-20(18)7-10-2-4-11(5-3-10)13(14,15)16/h2-6H,7-8H2,1H3. The van der Waals surface area contributed by atoms with Crippen LogP contribution in [0, 0.1) is 6.92 Å². The highest BCUT2D eigenvalue weighted by atomic mass is 32.2. The van der Waals surface area contributed by atoms with Gasteiger partial charge >= 0.3 is 6.18 Å². The molecule has 0 spiro atoms. The number of hydrogen-bond donors (Lipinski definition) is 0. The Morgan fingerprint density at radius 2 is 1.85 bits per heavy atom. The van der Waals surface area contributed by atoms with Crippen molar-refractivity contribution < 1.29 is 17.4 Å². The van der Waals surface area contributed by atoms with Crippen molar-refractivity contribution in [3.8, 4) is 0 Å². The second kappa shape index (κ2) is 6.05. The van der Waals surface area contributed by atoms with Crippen molar-refractivity contribution in [3.63, 3.8) is 0 Å². The van der Waals surface area contributed by atoms with Gasteiger partial charge in [0.2, 0.25) is 0 Å². The zero-order valence-electron chi connectivity index (χ0n) is 10.6. The largest absolute Gasteiger partial charge is 0.416 e. The molecule has 0 bridgehead atoms. The first kappa shape index (κ1) is 15.2. The Balaban J connectivity index is 1.98. The summed E-state index contributed by atoms with van der Waals surface area (Å²) in [7, 11) is -1.17. The average molecular weight is 319 g/mol. The van der Waals surface area contributed by atoms with Crippen molar-refractivity contribution in [2.75, 3.05) is 0 Å². The van der Waals surface area contributed by atoms with E-state index in [1.807, 2.05) is 12.3 Å². The third-order valence-corrected chi connectivity index (χ3v) is 4.68. The summed E-state index contributed by atoms with van der Waals surface area (Å²) in [6.07, 6.45) is -4.34. The number of thiazole rings is 1. The molecule has 1 aromatic carbocycles. The van der Waals surface area contributed by atoms with E-state index in [9.17, 15) is 17.4 Å². The lowest BCUT2D eigenvalue weighted by Gasteiger charge is -2.07. The maximum absolute atomic E-state index is 12.4. The molecule has 7 heteroatoms. The number of rotatable bonds is 4. The van der Waals surface area contributed by atoms with Gasteiger partial charge in [-0.05, 0) is 24.6 Å². The highest BCUT2D eigenvalue weighted by Crippen LogP contribution is 2.29. The molecule has 0 aliphatic carbocycles. The number of benzene rings is 1. The fraction of sp³-hybridized carbons (Fsp3) is 0.308. The number of nitrogens with zero attached hydrogens (tertiary/aromatic N) is 1. The Morgan fingerprint density at radius 3 is 2.35 bits per heavy atom. The van der Waals surface area contributed by atoms with Crippen LogP contribution in [0.4, 0.5) is 13.2 Å². The van der Waals surface area contributed by atoms with Gasteiger partial charge in [-0.25, -0.2) is 4.98 Å². The van der Waals surface area contributed by atoms with Crippen LogP contribution >= 0.6 is 11.3 Å². The maximum Gasteiger partial charge on any atom is 0.416 e. The monoisotopic (exact) mass is 319 g/mol. The van der Waals surface area contributed by atoms with Crippen LogP contribution in [0.3, 0.4) is 0 Å². The molecular formula is C13H12F3NOS2. The molecule has 2 nitrogen and oxygen atoms in total. The van der Waals surface area contributed by atoms with Crippen molar-refractivity contribution in [2.45, 2.75) is 24.6 Å². The predicted octanol–water partition coefficient (Wildman–Crippen LogP) is 3.92. The molecule has 0 aliphatic heterocycles. The van der Waals surface area contributed by atoms with Gasteiger partial charge in [-0.2, -0.15) is 13.2 Å². The fourth-order valence-electron chi connectivity index (χ4n) is 1.67. The van der Waals surface area contributed by atoms with E-state index in [1.54, 1.807) is 0 Å². The summed E-state index contributed by atoms with van der Waals surface area (Å²) in [6.45, 7) is 1.87. The summed E-state index contributed by atoms with van der Waals surface area (Å²) in [4.78, 5) is 4.22. The van der Waals surface area contributed by atoms with Gasteiger partial charge in [0.25, 0.3) is 0 Å². The molecule has 20 heavy (non-hydrogen) atoms. The first-order valence-electron chi connectivity index (χ1n) is 5.77. The molecular weight excluding hydrogens is 307 g/mol. The van der Waals surface area contributed by atoms with Crippen LogP contribution in [-0.4, -0.2) is 9.19 Å². The van der Waals surface area contributed by atoms with E-state index in [0.29, 0.717) is 11.3 Å². The van der Waals surface area contributed by atoms with E-state index in [-0.39, 0.29) is 5.75 Å². The summed E-state index contributed by atoms with van der Waals surface area (Å²) in [5.41, 5.74) is 0.697. The summed E-state index contributed by atoms with van der Waals surface area (Å²) in [5.74, 6) is 0.556. The van der Waals surface area contributed by atoms with E-state index < -0.39 is 22.5 Å². The normalized spacial score (nSPS) is 13.4. The topological polar surface area (TPSA) is 30.0 Å². The highest BCUT2D eigenvalue weighted by molar-refractivity contribution is 7.83. The number of hydrogen-bond acceptors (Lipinski definition) is 3. The first-order valence-corrected chi connectivity index (χ1v) is 8.13. The molecule has 2 rings (SSSR count). The molecule has 0 radical (unpaired) electrons. The van der Waals surface area contributed by atoms with E-state index in [1.165, 1.54) is 23.5 Å². The van der Waals surface area contributed by atoms with Crippen LogP contribution in [0.1, 0.15) is 21.8 Å². The second-order valence-corrected chi connectivity index (χ2v) is 6.80. The maximum atomic E-state index is 12.4. The van der Waals surface area contributed by atoms with Gasteiger partial charge in [-0.3, -0.25) is 4.21 Å². The molecule has 1 atom stereocenters. The summed E-state index contributed by atoms with van der Waals surface area (Å²) >= 11 is 1.49. The van der Waals surface area contributed by atoms with Crippen molar-refractivity contribution in [1.29, 1.82) is 0 Å². The minimum Gasteiger partial charge on any atom is -0.259 e. The Morgan fingerprint density at radius 1 is 1.20 bits per heavy atom. The zero-order valence-corrected chi connectivity index (χ0v) is 12.2. The van der Waals surface area contributed by atoms with Crippen LogP contribution in [0.25, 0.3) is 0 Å². The van der Waals surface area contributed by atoms with Gasteiger partial charge in [-0.1, -0.05) is 12.1 Å². The molecule has 0 amide bonds. The predicted molar refractivity (Wildman–Crippen MR) is 73.8 cm³/mol. The van der Waals surface area contributed by atoms with Crippen LogP contribution < -0.4 is 0 Å². The Kier molecular flexibility index (Phi) is 4.59. The molecule has 1 unspecified atom stereocenters. The minimum atomic E-state index is -4.34. The van der Waals surface area contributed by atoms with Gasteiger partial charge in [0.1, 0.15) is 0 Å². The quantitative estimate of drug-likeness (QED) is 0.855. The molecule has 2 aromatic rings. The number of alkyl halides is 3. The minimum absolute atomic E-state index is 0.231. The van der Waals surface area contributed by atoms with E-state index in [4.69, 9.17) is 0 Å². The molecule has 0 saturated carbocycles. The molecule has 0 fully saturated rings. The third-order valence-electron chi connectivity index (χ3n) is 2.58. The molecule has 108 valence electrons. The third kappa shape index (κ3) is 4.14. The van der Waals surface area contributed by atoms with E-state index >= 15 is 0 Å². The average Bonchev–Trinajstić information content (AvgIpc) is 2.74. The molecule has 0 aliphatic rings. The zero-order chi connectivity index (χ0) is 14.8. The lowest BCUT2D eigenvalue weighted by molar-refractivity contribution is -0.137. The van der Waals surface area contributed by atoms with Crippen molar-refractivity contribution >= 4 is 22.1 Å². The van der Waals surface area contributed by atoms with Crippen LogP contribution in [0.2, 0.25) is 0 Å². The van der Waals surface area contributed by atoms with E-state index in [0.717, 1.165) is 22.8 Å². The summed E-state index contributed by atoms with van der Waals surface area (Å²) < 4.78 is 49.1. The highest BCUT2D eigenvalue weighted by Gasteiger charge is 2.29. The molecule has 0 N–H and O–H groups in total. The summed E-state index contributed by atoms with van der Waals surface area (Å²) in [6, 6.07) is 4.76. The number of aromatic nitrogens is 1. The van der Waals surface area contributed by atoms with Gasteiger partial charge in [0.15, 0.2) is 0 Å². The van der Waals surface area contributed by atoms with Crippen molar-refractivity contribution in [2.24, 2.45) is 0 Å². The van der Waals surface area contributed by atoms with Gasteiger partial charge in [0, 0.05) is 21.9 Å². The van der Waals surface area contributed by atoms with Gasteiger partial charge in [-0.15, -0.1) is 11.3 Å². The smallest absolute Gasteiger partial charge is 0.259 e. The van der Waals surface area contributed by atoms with Crippen molar-refractivity contribution in [3.05, 3.63) is 51.5 Å². The van der Waals surface area contributed by atoms with Gasteiger partial charge in [0.05, 0.1) is 22.0 Å². The van der Waals surface area contributed by atoms with Crippen LogP contribution in [-0.2, 0) is 28.5 Å². The Labute approximate surface area is 121 Å². The van der Waals surface area contributed by atoms with Crippen molar-refractivity contribution in [1.82, 2.24) is 4.98 Å². The SMILES string of the molecule is Cc1nc(CS(=O)Cc2ccc(C(F)(F)F)cc2)cs1. The molecule has 1 heterocycles. The lowest BCUT2D eigenvalue weighted by Crippen LogP contribution is -2.05. The fourth-order valence-corrected chi connectivity index (χ4v) is 3.53. The summed E-state index contributed by atoms with van der Waals surface area (Å²) in [5, 5.41) is 2.76. The van der Waals surface area contributed by atoms with E-state index in [2.05, 4.69) is 4.98 Å². The Bertz CT molecular complexity index is 605. The number of halogens is 3. The van der Waals surface area contributed by atoms with Gasteiger partial charge < -0.3 is 0 Å². The van der Waals surface area contributed by atoms with Crippen LogP contribution in [0.15, 0.2) is 29.6 Å². The molecule has 1 aromatic heterocycles. The number of aryl methyl sites for hydroxylation is 1. The lowest BCUT2D eigenvalue weighted by atomic mass is 10.1. The first-order chi connectivity index (χ1) is 9.34.